The number of nitrogens with one attached hydrogen (secondary N) is 1. The Labute approximate surface area is 104 Å². The normalized spacial score (nSPS) is 13.0. The molecule has 3 nitrogen and oxygen atoms in total. The predicted molar refractivity (Wildman–Crippen MR) is 69.7 cm³/mol. The van der Waals surface area contributed by atoms with E-state index in [-0.39, 0.29) is 12.0 Å². The molecule has 0 aliphatic carbocycles. The van der Waals surface area contributed by atoms with Crippen molar-refractivity contribution in [2.45, 2.75) is 33.1 Å². The Kier molecular flexibility index (Phi) is 6.19. The first-order chi connectivity index (χ1) is 8.15. The Morgan fingerprint density at radius 2 is 1.88 bits per heavy atom. The minimum absolute atomic E-state index is 0.287. The quantitative estimate of drug-likeness (QED) is 0.761. The van der Waals surface area contributed by atoms with Crippen LogP contribution in [0.3, 0.4) is 0 Å². The second-order valence-corrected chi connectivity index (χ2v) is 4.64. The van der Waals surface area contributed by atoms with Gasteiger partial charge in [0.1, 0.15) is 0 Å². The molecule has 0 heterocycles. The van der Waals surface area contributed by atoms with Gasteiger partial charge in [-0.1, -0.05) is 38.1 Å². The zero-order valence-corrected chi connectivity index (χ0v) is 10.9. The van der Waals surface area contributed by atoms with Crippen molar-refractivity contribution in [3.8, 4) is 0 Å². The molecule has 0 bridgehead atoms. The summed E-state index contributed by atoms with van der Waals surface area (Å²) in [5.41, 5.74) is 2.42. The van der Waals surface area contributed by atoms with Crippen molar-refractivity contribution in [3.05, 3.63) is 35.4 Å². The smallest absolute Gasteiger partial charge is 0.0716 e. The van der Waals surface area contributed by atoms with E-state index in [2.05, 4.69) is 17.4 Å². The van der Waals surface area contributed by atoms with E-state index in [0.717, 1.165) is 6.54 Å². The molecule has 0 amide bonds. The zero-order valence-electron chi connectivity index (χ0n) is 10.9. The highest BCUT2D eigenvalue weighted by atomic mass is 16.5. The molecule has 1 unspecified atom stereocenters. The molecule has 0 aliphatic heterocycles. The van der Waals surface area contributed by atoms with Gasteiger partial charge in [0, 0.05) is 20.2 Å². The topological polar surface area (TPSA) is 41.5 Å². The molecule has 1 rings (SSSR count). The lowest BCUT2D eigenvalue weighted by molar-refractivity contribution is 0.123. The van der Waals surface area contributed by atoms with E-state index in [1.807, 2.05) is 26.0 Å². The molecule has 0 spiro atoms. The van der Waals surface area contributed by atoms with Gasteiger partial charge in [0.15, 0.2) is 0 Å². The maximum Gasteiger partial charge on any atom is 0.0716 e. The van der Waals surface area contributed by atoms with Crippen LogP contribution in [0.15, 0.2) is 24.3 Å². The van der Waals surface area contributed by atoms with Crippen LogP contribution in [0.25, 0.3) is 0 Å². The van der Waals surface area contributed by atoms with Crippen molar-refractivity contribution in [2.24, 2.45) is 5.92 Å². The molecule has 0 aliphatic rings. The summed E-state index contributed by atoms with van der Waals surface area (Å²) in [7, 11) is 1.70. The maximum atomic E-state index is 9.69. The standard InChI is InChI=1S/C14H23NO2/c1-11(2)14(16)9-15-8-12-6-4-5-7-13(12)10-17-3/h4-7,11,14-16H,8-10H2,1-3H3. The fourth-order valence-corrected chi connectivity index (χ4v) is 1.62. The van der Waals surface area contributed by atoms with Crippen LogP contribution in [0.1, 0.15) is 25.0 Å². The number of aliphatic hydroxyl groups is 1. The fraction of sp³-hybridized carbons (Fsp3) is 0.571. The van der Waals surface area contributed by atoms with Crippen molar-refractivity contribution in [1.82, 2.24) is 5.32 Å². The van der Waals surface area contributed by atoms with Crippen LogP contribution in [-0.2, 0) is 17.9 Å². The first-order valence-corrected chi connectivity index (χ1v) is 6.09. The van der Waals surface area contributed by atoms with Crippen LogP contribution in [0.4, 0.5) is 0 Å². The van der Waals surface area contributed by atoms with Crippen molar-refractivity contribution < 1.29 is 9.84 Å². The van der Waals surface area contributed by atoms with Gasteiger partial charge >= 0.3 is 0 Å². The molecule has 1 atom stereocenters. The number of methoxy groups -OCH3 is 1. The van der Waals surface area contributed by atoms with Crippen LogP contribution >= 0.6 is 0 Å². The van der Waals surface area contributed by atoms with Crippen LogP contribution in [0, 0.1) is 5.92 Å². The maximum absolute atomic E-state index is 9.69. The SMILES string of the molecule is COCc1ccccc1CNCC(O)C(C)C. The Balaban J connectivity index is 2.45. The number of hydrogen-bond acceptors (Lipinski definition) is 3. The zero-order chi connectivity index (χ0) is 12.7. The molecule has 0 saturated heterocycles. The van der Waals surface area contributed by atoms with Gasteiger partial charge in [-0.3, -0.25) is 0 Å². The minimum Gasteiger partial charge on any atom is -0.392 e. The highest BCUT2D eigenvalue weighted by molar-refractivity contribution is 5.26. The van der Waals surface area contributed by atoms with Gasteiger partial charge in [-0.25, -0.2) is 0 Å². The average Bonchev–Trinajstić information content (AvgIpc) is 2.31. The summed E-state index contributed by atoms with van der Waals surface area (Å²) in [6.07, 6.45) is -0.287. The number of ether oxygens (including phenoxy) is 1. The minimum atomic E-state index is -0.287. The van der Waals surface area contributed by atoms with E-state index in [1.54, 1.807) is 7.11 Å². The number of benzene rings is 1. The molecule has 0 fully saturated rings. The first kappa shape index (κ1) is 14.2. The van der Waals surface area contributed by atoms with Crippen LogP contribution in [-0.4, -0.2) is 24.9 Å². The fourth-order valence-electron chi connectivity index (χ4n) is 1.62. The summed E-state index contributed by atoms with van der Waals surface area (Å²) < 4.78 is 5.16. The Hall–Kier alpha value is -0.900. The summed E-state index contributed by atoms with van der Waals surface area (Å²) in [5.74, 6) is 0.289. The van der Waals surface area contributed by atoms with E-state index in [1.165, 1.54) is 11.1 Å². The van der Waals surface area contributed by atoms with Gasteiger partial charge in [0.05, 0.1) is 12.7 Å². The average molecular weight is 237 g/mol. The van der Waals surface area contributed by atoms with Crippen molar-refractivity contribution in [2.75, 3.05) is 13.7 Å². The Bertz CT molecular complexity index is 326. The van der Waals surface area contributed by atoms with Crippen LogP contribution < -0.4 is 5.32 Å². The third-order valence-electron chi connectivity index (χ3n) is 2.86. The lowest BCUT2D eigenvalue weighted by atomic mass is 10.1. The monoisotopic (exact) mass is 237 g/mol. The lowest BCUT2D eigenvalue weighted by Crippen LogP contribution is -2.30. The molecule has 96 valence electrons. The molecule has 17 heavy (non-hydrogen) atoms. The summed E-state index contributed by atoms with van der Waals surface area (Å²) >= 11 is 0. The molecule has 0 aromatic heterocycles. The van der Waals surface area contributed by atoms with E-state index in [4.69, 9.17) is 4.74 Å². The molecule has 1 aromatic rings. The third kappa shape index (κ3) is 4.86. The highest BCUT2D eigenvalue weighted by Crippen LogP contribution is 2.09. The number of aliphatic hydroxyl groups excluding tert-OH is 1. The Morgan fingerprint density at radius 3 is 2.47 bits per heavy atom. The highest BCUT2D eigenvalue weighted by Gasteiger charge is 2.08. The van der Waals surface area contributed by atoms with Crippen LogP contribution in [0.5, 0.6) is 0 Å². The summed E-state index contributed by atoms with van der Waals surface area (Å²) in [4.78, 5) is 0. The van der Waals surface area contributed by atoms with Gasteiger partial charge in [-0.15, -0.1) is 0 Å². The first-order valence-electron chi connectivity index (χ1n) is 6.09. The van der Waals surface area contributed by atoms with Crippen molar-refractivity contribution >= 4 is 0 Å². The van der Waals surface area contributed by atoms with Crippen molar-refractivity contribution in [1.29, 1.82) is 0 Å². The lowest BCUT2D eigenvalue weighted by Gasteiger charge is -2.16. The van der Waals surface area contributed by atoms with Gasteiger partial charge in [-0.05, 0) is 17.0 Å². The second kappa shape index (κ2) is 7.43. The summed E-state index contributed by atoms with van der Waals surface area (Å²) in [6.45, 7) is 6.06. The summed E-state index contributed by atoms with van der Waals surface area (Å²) in [6, 6.07) is 8.19. The number of hydrogen-bond donors (Lipinski definition) is 2. The molecular weight excluding hydrogens is 214 g/mol. The molecule has 3 heteroatoms. The van der Waals surface area contributed by atoms with Crippen molar-refractivity contribution in [3.63, 3.8) is 0 Å². The van der Waals surface area contributed by atoms with Gasteiger partial charge in [0.2, 0.25) is 0 Å². The van der Waals surface area contributed by atoms with E-state index < -0.39 is 0 Å². The molecule has 0 saturated carbocycles. The number of rotatable bonds is 7. The molecule has 0 radical (unpaired) electrons. The molecule has 2 N–H and O–H groups in total. The van der Waals surface area contributed by atoms with Crippen LogP contribution in [0.2, 0.25) is 0 Å². The molecule has 1 aromatic carbocycles. The van der Waals surface area contributed by atoms with Gasteiger partial charge in [-0.2, -0.15) is 0 Å². The third-order valence-corrected chi connectivity index (χ3v) is 2.86. The van der Waals surface area contributed by atoms with Gasteiger partial charge in [0.25, 0.3) is 0 Å². The summed E-state index contributed by atoms with van der Waals surface area (Å²) in [5, 5.41) is 13.0. The van der Waals surface area contributed by atoms with E-state index >= 15 is 0 Å². The van der Waals surface area contributed by atoms with E-state index in [0.29, 0.717) is 13.2 Å². The predicted octanol–water partition coefficient (Wildman–Crippen LogP) is 1.94. The Morgan fingerprint density at radius 1 is 1.24 bits per heavy atom. The van der Waals surface area contributed by atoms with E-state index in [9.17, 15) is 5.11 Å². The largest absolute Gasteiger partial charge is 0.392 e. The second-order valence-electron chi connectivity index (χ2n) is 4.64. The molecular formula is C14H23NO2. The van der Waals surface area contributed by atoms with Gasteiger partial charge < -0.3 is 15.2 Å².